The Hall–Kier alpha value is -0.120. The smallest absolute Gasteiger partial charge is 0.0580 e. The van der Waals surface area contributed by atoms with Gasteiger partial charge in [-0.2, -0.15) is 0 Å². The molecule has 23 heavy (non-hydrogen) atoms. The third-order valence-electron chi connectivity index (χ3n) is 6.77. The molecule has 0 aliphatic heterocycles. The van der Waals surface area contributed by atoms with Crippen LogP contribution in [0.3, 0.4) is 0 Å². The molecule has 0 heterocycles. The Morgan fingerprint density at radius 2 is 0.870 bits per heavy atom. The first-order valence-electron chi connectivity index (χ1n) is 10.4. The first-order chi connectivity index (χ1) is 11.2. The van der Waals surface area contributed by atoms with E-state index in [4.69, 9.17) is 16.2 Å². The van der Waals surface area contributed by atoms with Crippen LogP contribution in [0.4, 0.5) is 0 Å². The van der Waals surface area contributed by atoms with Crippen LogP contribution in [0.2, 0.25) is 0 Å². The summed E-state index contributed by atoms with van der Waals surface area (Å²) in [4.78, 5) is 0. The summed E-state index contributed by atoms with van der Waals surface area (Å²) in [6.45, 7) is 0. The largest absolute Gasteiger partial charge is 0.375 e. The Bertz CT molecular complexity index is 325. The lowest BCUT2D eigenvalue weighted by Crippen LogP contribution is -2.33. The van der Waals surface area contributed by atoms with E-state index in [2.05, 4.69) is 0 Å². The second-order valence-corrected chi connectivity index (χ2v) is 8.67. The van der Waals surface area contributed by atoms with Crippen molar-refractivity contribution in [1.82, 2.24) is 0 Å². The van der Waals surface area contributed by atoms with Crippen LogP contribution in [0.15, 0.2) is 0 Å². The molecule has 0 aromatic rings. The van der Waals surface area contributed by atoms with Crippen LogP contribution in [0.25, 0.3) is 0 Å². The van der Waals surface area contributed by atoms with Gasteiger partial charge in [0, 0.05) is 12.1 Å². The molecule has 3 nitrogen and oxygen atoms in total. The molecule has 0 unspecified atom stereocenters. The predicted molar refractivity (Wildman–Crippen MR) is 96.2 cm³/mol. The normalized spacial score (nSPS) is 42.5. The van der Waals surface area contributed by atoms with E-state index in [1.165, 1.54) is 77.0 Å². The lowest BCUT2D eigenvalue weighted by atomic mass is 9.78. The minimum atomic E-state index is 0.430. The van der Waals surface area contributed by atoms with Gasteiger partial charge in [-0.3, -0.25) is 0 Å². The molecule has 3 saturated carbocycles. The summed E-state index contributed by atoms with van der Waals surface area (Å²) < 4.78 is 6.37. The predicted octanol–water partition coefficient (Wildman–Crippen LogP) is 4.13. The van der Waals surface area contributed by atoms with Crippen molar-refractivity contribution < 1.29 is 4.74 Å². The summed E-state index contributed by atoms with van der Waals surface area (Å²) in [5.74, 6) is 1.93. The van der Waals surface area contributed by atoms with Crippen LogP contribution < -0.4 is 11.5 Å². The van der Waals surface area contributed by atoms with Crippen molar-refractivity contribution in [3.8, 4) is 0 Å². The molecular formula is C20H38N2O. The zero-order valence-corrected chi connectivity index (χ0v) is 14.9. The Morgan fingerprint density at radius 1 is 0.522 bits per heavy atom. The summed E-state index contributed by atoms with van der Waals surface area (Å²) in [5.41, 5.74) is 12.0. The second-order valence-electron chi connectivity index (χ2n) is 8.67. The summed E-state index contributed by atoms with van der Waals surface area (Å²) in [6, 6.07) is 0.924. The Labute approximate surface area is 142 Å². The van der Waals surface area contributed by atoms with Gasteiger partial charge in [0.2, 0.25) is 0 Å². The van der Waals surface area contributed by atoms with Crippen molar-refractivity contribution in [3.05, 3.63) is 0 Å². The fourth-order valence-electron chi connectivity index (χ4n) is 5.00. The fraction of sp³-hybridized carbons (Fsp3) is 1.00. The van der Waals surface area contributed by atoms with Crippen molar-refractivity contribution in [1.29, 1.82) is 0 Å². The highest BCUT2D eigenvalue weighted by Gasteiger charge is 2.27. The lowest BCUT2D eigenvalue weighted by molar-refractivity contribution is -0.0532. The maximum Gasteiger partial charge on any atom is 0.0580 e. The number of hydrogen-bond acceptors (Lipinski definition) is 3. The van der Waals surface area contributed by atoms with Gasteiger partial charge in [-0.05, 0) is 88.9 Å². The molecule has 3 aliphatic rings. The fourth-order valence-corrected chi connectivity index (χ4v) is 5.00. The molecule has 3 heteroatoms. The van der Waals surface area contributed by atoms with E-state index in [9.17, 15) is 0 Å². The minimum absolute atomic E-state index is 0.430. The van der Waals surface area contributed by atoms with E-state index in [0.717, 1.165) is 24.7 Å². The Kier molecular flexibility index (Phi) is 6.79. The van der Waals surface area contributed by atoms with Gasteiger partial charge in [0.15, 0.2) is 0 Å². The maximum absolute atomic E-state index is 6.37. The molecule has 0 atom stereocenters. The zero-order valence-electron chi connectivity index (χ0n) is 14.9. The van der Waals surface area contributed by atoms with E-state index in [0.29, 0.717) is 24.3 Å². The minimum Gasteiger partial charge on any atom is -0.375 e. The molecule has 3 rings (SSSR count). The summed E-state index contributed by atoms with van der Waals surface area (Å²) >= 11 is 0. The van der Waals surface area contributed by atoms with E-state index in [-0.39, 0.29) is 0 Å². The average molecular weight is 323 g/mol. The first-order valence-corrected chi connectivity index (χ1v) is 10.4. The number of rotatable bonds is 5. The molecule has 0 amide bonds. The van der Waals surface area contributed by atoms with E-state index < -0.39 is 0 Å². The highest BCUT2D eigenvalue weighted by atomic mass is 16.5. The van der Waals surface area contributed by atoms with E-state index >= 15 is 0 Å². The van der Waals surface area contributed by atoms with Gasteiger partial charge in [0.05, 0.1) is 12.2 Å². The van der Waals surface area contributed by atoms with Crippen LogP contribution in [0.5, 0.6) is 0 Å². The SMILES string of the molecule is NC1CCC(CCC2CCC(OC3CCC(N)CC3)CC2)CC1. The Balaban J connectivity index is 1.28. The summed E-state index contributed by atoms with van der Waals surface area (Å²) in [5, 5.41) is 0. The van der Waals surface area contributed by atoms with Gasteiger partial charge in [-0.15, -0.1) is 0 Å². The average Bonchev–Trinajstić information content (AvgIpc) is 2.58. The van der Waals surface area contributed by atoms with Gasteiger partial charge >= 0.3 is 0 Å². The number of ether oxygens (including phenoxy) is 1. The third-order valence-corrected chi connectivity index (χ3v) is 6.77. The highest BCUT2D eigenvalue weighted by molar-refractivity contribution is 4.80. The highest BCUT2D eigenvalue weighted by Crippen LogP contribution is 2.35. The Morgan fingerprint density at radius 3 is 1.35 bits per heavy atom. The summed E-state index contributed by atoms with van der Waals surface area (Å²) in [7, 11) is 0. The molecule has 0 radical (unpaired) electrons. The van der Waals surface area contributed by atoms with Gasteiger partial charge in [-0.25, -0.2) is 0 Å². The quantitative estimate of drug-likeness (QED) is 0.800. The van der Waals surface area contributed by atoms with Crippen molar-refractivity contribution in [2.75, 3.05) is 0 Å². The molecule has 0 aromatic heterocycles. The van der Waals surface area contributed by atoms with Crippen molar-refractivity contribution >= 4 is 0 Å². The molecule has 0 spiro atoms. The molecule has 134 valence electrons. The molecule has 0 aromatic carbocycles. The number of hydrogen-bond donors (Lipinski definition) is 2. The second kappa shape index (κ2) is 8.82. The monoisotopic (exact) mass is 322 g/mol. The number of nitrogens with two attached hydrogens (primary N) is 2. The molecule has 0 bridgehead atoms. The standard InChI is InChI=1S/C20H38N2O/c21-17-7-3-15(4-8-17)1-2-16-5-11-19(12-6-16)23-20-13-9-18(22)10-14-20/h15-20H,1-14,21-22H2. The van der Waals surface area contributed by atoms with Crippen LogP contribution in [0, 0.1) is 11.8 Å². The molecule has 3 aliphatic carbocycles. The lowest BCUT2D eigenvalue weighted by Gasteiger charge is -2.34. The first kappa shape index (κ1) is 17.7. The maximum atomic E-state index is 6.37. The molecule has 3 fully saturated rings. The molecule has 4 N–H and O–H groups in total. The molecular weight excluding hydrogens is 284 g/mol. The van der Waals surface area contributed by atoms with Crippen molar-refractivity contribution in [2.24, 2.45) is 23.3 Å². The van der Waals surface area contributed by atoms with Crippen LogP contribution in [0.1, 0.15) is 89.9 Å². The van der Waals surface area contributed by atoms with E-state index in [1.54, 1.807) is 0 Å². The van der Waals surface area contributed by atoms with Gasteiger partial charge in [0.1, 0.15) is 0 Å². The van der Waals surface area contributed by atoms with Crippen molar-refractivity contribution in [3.63, 3.8) is 0 Å². The van der Waals surface area contributed by atoms with E-state index in [1.807, 2.05) is 0 Å². The summed E-state index contributed by atoms with van der Waals surface area (Å²) in [6.07, 6.45) is 19.3. The van der Waals surface area contributed by atoms with Crippen molar-refractivity contribution in [2.45, 2.75) is 114 Å². The van der Waals surface area contributed by atoms with Crippen LogP contribution in [-0.2, 0) is 4.74 Å². The molecule has 0 saturated heterocycles. The topological polar surface area (TPSA) is 61.3 Å². The van der Waals surface area contributed by atoms with Crippen LogP contribution in [-0.4, -0.2) is 24.3 Å². The zero-order chi connectivity index (χ0) is 16.1. The van der Waals surface area contributed by atoms with Gasteiger partial charge in [-0.1, -0.05) is 12.8 Å². The van der Waals surface area contributed by atoms with Crippen LogP contribution >= 0.6 is 0 Å². The third kappa shape index (κ3) is 5.72. The van der Waals surface area contributed by atoms with Gasteiger partial charge < -0.3 is 16.2 Å². The van der Waals surface area contributed by atoms with Gasteiger partial charge in [0.25, 0.3) is 0 Å².